The highest BCUT2D eigenvalue weighted by Crippen LogP contribution is 2.42. The first-order chi connectivity index (χ1) is 24.8. The summed E-state index contributed by atoms with van der Waals surface area (Å²) in [6.45, 7) is 0. The van der Waals surface area contributed by atoms with Gasteiger partial charge in [0.2, 0.25) is 0 Å². The normalized spacial score (nSPS) is 11.6. The van der Waals surface area contributed by atoms with Gasteiger partial charge in [0.25, 0.3) is 0 Å². The van der Waals surface area contributed by atoms with Gasteiger partial charge in [-0.05, 0) is 86.1 Å². The predicted octanol–water partition coefficient (Wildman–Crippen LogP) is 13.8. The van der Waals surface area contributed by atoms with Crippen LogP contribution in [0.15, 0.2) is 192 Å². The fourth-order valence-corrected chi connectivity index (χ4v) is 7.56. The third kappa shape index (κ3) is 4.65. The molecule has 10 aromatic rings. The summed E-state index contributed by atoms with van der Waals surface area (Å²) in [5, 5.41) is 9.50. The van der Waals surface area contributed by atoms with Crippen molar-refractivity contribution >= 4 is 71.3 Å². The van der Waals surface area contributed by atoms with E-state index in [2.05, 4.69) is 193 Å². The van der Waals surface area contributed by atoms with Crippen molar-refractivity contribution in [2.24, 2.45) is 0 Å². The average Bonchev–Trinajstić information content (AvgIpc) is 3.58. The van der Waals surface area contributed by atoms with Crippen LogP contribution in [-0.2, 0) is 0 Å². The van der Waals surface area contributed by atoms with E-state index in [-0.39, 0.29) is 0 Å². The first kappa shape index (κ1) is 28.4. The molecule has 1 aromatic heterocycles. The van der Waals surface area contributed by atoms with Gasteiger partial charge in [-0.3, -0.25) is 0 Å². The quantitative estimate of drug-likeness (QED) is 0.175. The number of benzene rings is 9. The molecule has 0 amide bonds. The number of hydrogen-bond acceptors (Lipinski definition) is 2. The summed E-state index contributed by atoms with van der Waals surface area (Å²) >= 11 is 0. The van der Waals surface area contributed by atoms with E-state index in [9.17, 15) is 0 Å². The third-order valence-corrected chi connectivity index (χ3v) is 10.0. The van der Waals surface area contributed by atoms with Crippen LogP contribution in [0.25, 0.3) is 76.5 Å². The van der Waals surface area contributed by atoms with E-state index in [1.165, 1.54) is 43.4 Å². The van der Waals surface area contributed by atoms with E-state index in [0.717, 1.165) is 50.1 Å². The van der Waals surface area contributed by atoms with Gasteiger partial charge in [-0.2, -0.15) is 0 Å². The molecule has 0 fully saturated rings. The van der Waals surface area contributed by atoms with Crippen LogP contribution >= 0.6 is 0 Å². The summed E-state index contributed by atoms with van der Waals surface area (Å²) in [7, 11) is 0. The second-order valence-electron chi connectivity index (χ2n) is 12.9. The molecule has 1 heterocycles. The molecule has 0 N–H and O–H groups in total. The van der Waals surface area contributed by atoms with Gasteiger partial charge in [-0.25, -0.2) is 0 Å². The number of para-hydroxylation sites is 1. The molecule has 0 atom stereocenters. The Hall–Kier alpha value is -6.64. The van der Waals surface area contributed by atoms with Gasteiger partial charge in [0.1, 0.15) is 11.2 Å². The smallest absolute Gasteiger partial charge is 0.143 e. The number of furan rings is 1. The summed E-state index contributed by atoms with van der Waals surface area (Å²) in [4.78, 5) is 2.34. The Morgan fingerprint density at radius 2 is 0.880 bits per heavy atom. The second-order valence-corrected chi connectivity index (χ2v) is 12.9. The minimum atomic E-state index is 0.915. The maximum absolute atomic E-state index is 6.85. The maximum atomic E-state index is 6.85. The van der Waals surface area contributed by atoms with Gasteiger partial charge < -0.3 is 9.32 Å². The molecule has 0 aliphatic carbocycles. The van der Waals surface area contributed by atoms with Crippen molar-refractivity contribution < 1.29 is 4.42 Å². The first-order valence-electron chi connectivity index (χ1n) is 17.1. The van der Waals surface area contributed by atoms with Gasteiger partial charge in [0.05, 0.1) is 0 Å². The molecular formula is C48H31NO. The van der Waals surface area contributed by atoms with Crippen molar-refractivity contribution in [3.8, 4) is 22.3 Å². The summed E-state index contributed by atoms with van der Waals surface area (Å²) in [5.74, 6) is 0. The van der Waals surface area contributed by atoms with Gasteiger partial charge >= 0.3 is 0 Å². The van der Waals surface area contributed by atoms with Crippen LogP contribution < -0.4 is 4.90 Å². The SMILES string of the molecule is c1ccc(-c2ccc(N(c3ccc(-c4cccc5c4oc4c5ccc5ccc6ccccc6c54)cc3)c3ccc4ccccc4c3)cc2)cc1. The summed E-state index contributed by atoms with van der Waals surface area (Å²) in [6, 6.07) is 67.4. The van der Waals surface area contributed by atoms with Gasteiger partial charge in [0, 0.05) is 38.8 Å². The lowest BCUT2D eigenvalue weighted by Gasteiger charge is -2.26. The Kier molecular flexibility index (Phi) is 6.53. The molecule has 10 rings (SSSR count). The van der Waals surface area contributed by atoms with Crippen LogP contribution in [0.3, 0.4) is 0 Å². The molecule has 0 spiro atoms. The number of hydrogen-bond donors (Lipinski definition) is 0. The molecule has 0 unspecified atom stereocenters. The monoisotopic (exact) mass is 637 g/mol. The summed E-state index contributed by atoms with van der Waals surface area (Å²) in [6.07, 6.45) is 0. The topological polar surface area (TPSA) is 16.4 Å². The Bertz CT molecular complexity index is 2850. The Morgan fingerprint density at radius 3 is 1.68 bits per heavy atom. The number of anilines is 3. The molecule has 50 heavy (non-hydrogen) atoms. The van der Waals surface area contributed by atoms with E-state index in [1.54, 1.807) is 0 Å². The van der Waals surface area contributed by atoms with Crippen molar-refractivity contribution in [2.75, 3.05) is 4.90 Å². The Labute approximate surface area is 290 Å². The highest BCUT2D eigenvalue weighted by atomic mass is 16.3. The minimum Gasteiger partial charge on any atom is -0.455 e. The zero-order chi connectivity index (χ0) is 33.0. The standard InChI is InChI=1S/C48H31NO/c1-2-9-32(10-3-1)34-19-25-39(26-20-34)49(41-29-21-33-11-4-5-13-38(33)31-41)40-27-22-36(23-28-40)43-15-8-16-44-45-30-24-37-18-17-35-12-6-7-14-42(35)46(37)48(45)50-47(43)44/h1-31H. The number of rotatable bonds is 5. The van der Waals surface area contributed by atoms with Crippen molar-refractivity contribution in [3.05, 3.63) is 188 Å². The Balaban J connectivity index is 1.10. The maximum Gasteiger partial charge on any atom is 0.143 e. The van der Waals surface area contributed by atoms with Crippen molar-refractivity contribution in [1.29, 1.82) is 0 Å². The zero-order valence-corrected chi connectivity index (χ0v) is 27.3. The fraction of sp³-hybridized carbons (Fsp3) is 0. The molecule has 234 valence electrons. The van der Waals surface area contributed by atoms with Crippen LogP contribution in [0.2, 0.25) is 0 Å². The van der Waals surface area contributed by atoms with Crippen molar-refractivity contribution in [3.63, 3.8) is 0 Å². The highest BCUT2D eigenvalue weighted by molar-refractivity contribution is 6.24. The third-order valence-electron chi connectivity index (χ3n) is 10.0. The fourth-order valence-electron chi connectivity index (χ4n) is 7.56. The molecule has 0 aliphatic heterocycles. The Morgan fingerprint density at radius 1 is 0.320 bits per heavy atom. The highest BCUT2D eigenvalue weighted by Gasteiger charge is 2.18. The van der Waals surface area contributed by atoms with E-state index < -0.39 is 0 Å². The van der Waals surface area contributed by atoms with Gasteiger partial charge in [-0.15, -0.1) is 0 Å². The van der Waals surface area contributed by atoms with Gasteiger partial charge in [0.15, 0.2) is 0 Å². The van der Waals surface area contributed by atoms with Crippen LogP contribution in [0, 0.1) is 0 Å². The zero-order valence-electron chi connectivity index (χ0n) is 27.3. The lowest BCUT2D eigenvalue weighted by molar-refractivity contribution is 0.674. The minimum absolute atomic E-state index is 0.915. The molecule has 2 nitrogen and oxygen atoms in total. The van der Waals surface area contributed by atoms with E-state index in [1.807, 2.05) is 0 Å². The molecular weight excluding hydrogens is 607 g/mol. The van der Waals surface area contributed by atoms with Crippen LogP contribution in [0.1, 0.15) is 0 Å². The van der Waals surface area contributed by atoms with Crippen molar-refractivity contribution in [2.45, 2.75) is 0 Å². The molecule has 2 heteroatoms. The number of fused-ring (bicyclic) bond motifs is 8. The van der Waals surface area contributed by atoms with Crippen LogP contribution in [0.4, 0.5) is 17.1 Å². The predicted molar refractivity (Wildman–Crippen MR) is 212 cm³/mol. The first-order valence-corrected chi connectivity index (χ1v) is 17.1. The summed E-state index contributed by atoms with van der Waals surface area (Å²) in [5.41, 5.74) is 9.77. The van der Waals surface area contributed by atoms with E-state index >= 15 is 0 Å². The van der Waals surface area contributed by atoms with Crippen LogP contribution in [-0.4, -0.2) is 0 Å². The van der Waals surface area contributed by atoms with Crippen LogP contribution in [0.5, 0.6) is 0 Å². The lowest BCUT2D eigenvalue weighted by atomic mass is 9.98. The van der Waals surface area contributed by atoms with Crippen molar-refractivity contribution in [1.82, 2.24) is 0 Å². The largest absolute Gasteiger partial charge is 0.455 e. The molecule has 0 saturated carbocycles. The molecule has 0 bridgehead atoms. The van der Waals surface area contributed by atoms with E-state index in [0.29, 0.717) is 0 Å². The van der Waals surface area contributed by atoms with Gasteiger partial charge in [-0.1, -0.05) is 146 Å². The number of nitrogens with zero attached hydrogens (tertiary/aromatic N) is 1. The summed E-state index contributed by atoms with van der Waals surface area (Å²) < 4.78 is 6.85. The molecule has 0 aliphatic rings. The van der Waals surface area contributed by atoms with E-state index in [4.69, 9.17) is 4.42 Å². The lowest BCUT2D eigenvalue weighted by Crippen LogP contribution is -2.09. The second kappa shape index (κ2) is 11.5. The molecule has 0 radical (unpaired) electrons. The molecule has 0 saturated heterocycles. The average molecular weight is 638 g/mol. The molecule has 9 aromatic carbocycles.